The maximum atomic E-state index is 3.84. The van der Waals surface area contributed by atoms with Crippen LogP contribution in [0.3, 0.4) is 0 Å². The zero-order valence-corrected chi connectivity index (χ0v) is 36.2. The summed E-state index contributed by atoms with van der Waals surface area (Å²) >= 11 is 0. The fraction of sp³-hybridized carbons (Fsp3) is 0.0645. The first-order chi connectivity index (χ1) is 31.1. The van der Waals surface area contributed by atoms with Crippen LogP contribution in [0.5, 0.6) is 0 Å². The predicted molar refractivity (Wildman–Crippen MR) is 273 cm³/mol. The molecule has 2 aliphatic carbocycles. The minimum Gasteiger partial charge on any atom is -0.394 e. The van der Waals surface area contributed by atoms with Crippen LogP contribution in [0.15, 0.2) is 261 Å². The average Bonchev–Trinajstić information content (AvgIpc) is 3.60. The summed E-state index contributed by atoms with van der Waals surface area (Å²) in [6, 6.07) is 59.4. The van der Waals surface area contributed by atoms with Gasteiger partial charge in [-0.05, 0) is 121 Å². The van der Waals surface area contributed by atoms with E-state index in [0.29, 0.717) is 0 Å². The van der Waals surface area contributed by atoms with Crippen molar-refractivity contribution in [2.24, 2.45) is 0 Å². The predicted octanol–water partition coefficient (Wildman–Crippen LogP) is 15.5. The molecule has 0 saturated carbocycles. The summed E-state index contributed by atoms with van der Waals surface area (Å²) in [5.74, 6) is 0. The van der Waals surface area contributed by atoms with Crippen LogP contribution < -0.4 is 5.32 Å². The number of aryl methyl sites for hydroxylation is 1. The topological polar surface area (TPSA) is 12.0 Å². The van der Waals surface area contributed by atoms with Crippen molar-refractivity contribution in [3.63, 3.8) is 0 Å². The molecule has 0 aromatic heterocycles. The molecule has 0 aliphatic heterocycles. The SMILES string of the molecule is C=C\C=C/C=C\C=C1\C=C/C=C\c2ccccc2C12c1cc(-c3ccc(C/C=C/C=C(\C=C/NC)c4ccccc4)cc3)ccc1-c1cc3ccccc3cc12.Cc1ccccc1. The molecule has 63 heavy (non-hydrogen) atoms. The van der Waals surface area contributed by atoms with Crippen molar-refractivity contribution >= 4 is 22.4 Å². The van der Waals surface area contributed by atoms with Gasteiger partial charge < -0.3 is 5.32 Å². The lowest BCUT2D eigenvalue weighted by molar-refractivity contribution is 0.765. The van der Waals surface area contributed by atoms with E-state index in [1.165, 1.54) is 77.5 Å². The van der Waals surface area contributed by atoms with Crippen molar-refractivity contribution in [1.82, 2.24) is 5.32 Å². The number of hydrogen-bond donors (Lipinski definition) is 1. The molecular formula is C62H53N. The Morgan fingerprint density at radius 3 is 2.00 bits per heavy atom. The summed E-state index contributed by atoms with van der Waals surface area (Å²) in [5.41, 5.74) is 15.7. The molecule has 7 aromatic rings. The van der Waals surface area contributed by atoms with E-state index in [9.17, 15) is 0 Å². The Labute approximate surface area is 374 Å². The molecule has 0 radical (unpaired) electrons. The van der Waals surface area contributed by atoms with E-state index in [-0.39, 0.29) is 0 Å². The van der Waals surface area contributed by atoms with Gasteiger partial charge in [0.05, 0.1) is 5.41 Å². The van der Waals surface area contributed by atoms with Crippen LogP contribution >= 0.6 is 0 Å². The third-order valence-corrected chi connectivity index (χ3v) is 11.7. The molecule has 1 nitrogen and oxygen atoms in total. The van der Waals surface area contributed by atoms with Gasteiger partial charge in [0.25, 0.3) is 0 Å². The maximum absolute atomic E-state index is 3.84. The smallest absolute Gasteiger partial charge is 0.0719 e. The molecule has 1 atom stereocenters. The summed E-state index contributed by atoms with van der Waals surface area (Å²) in [7, 11) is 1.92. The van der Waals surface area contributed by atoms with Crippen LogP contribution in [-0.2, 0) is 11.8 Å². The molecule has 2 aliphatic rings. The molecular weight excluding hydrogens is 759 g/mol. The number of allylic oxidation sites excluding steroid dienone is 15. The lowest BCUT2D eigenvalue weighted by Gasteiger charge is -2.36. The molecule has 7 aromatic carbocycles. The van der Waals surface area contributed by atoms with Crippen molar-refractivity contribution in [3.8, 4) is 22.3 Å². The maximum Gasteiger partial charge on any atom is 0.0719 e. The number of nitrogens with one attached hydrogen (secondary N) is 1. The first-order valence-corrected chi connectivity index (χ1v) is 21.8. The van der Waals surface area contributed by atoms with Crippen LogP contribution in [0.4, 0.5) is 0 Å². The van der Waals surface area contributed by atoms with Gasteiger partial charge in [-0.3, -0.25) is 0 Å². The monoisotopic (exact) mass is 811 g/mol. The highest BCUT2D eigenvalue weighted by Gasteiger charge is 2.48. The molecule has 1 spiro atoms. The molecule has 0 saturated heterocycles. The summed E-state index contributed by atoms with van der Waals surface area (Å²) < 4.78 is 0. The van der Waals surface area contributed by atoms with Gasteiger partial charge >= 0.3 is 0 Å². The van der Waals surface area contributed by atoms with Crippen LogP contribution in [-0.4, -0.2) is 7.05 Å². The minimum absolute atomic E-state index is 0.547. The first-order valence-electron chi connectivity index (χ1n) is 21.8. The van der Waals surface area contributed by atoms with Crippen LogP contribution in [0.25, 0.3) is 44.7 Å². The zero-order chi connectivity index (χ0) is 43.3. The van der Waals surface area contributed by atoms with Crippen molar-refractivity contribution in [1.29, 1.82) is 0 Å². The van der Waals surface area contributed by atoms with Gasteiger partial charge in [0.2, 0.25) is 0 Å². The van der Waals surface area contributed by atoms with Crippen LogP contribution in [0.2, 0.25) is 0 Å². The quantitative estimate of drug-likeness (QED) is 0.136. The Morgan fingerprint density at radius 2 is 1.25 bits per heavy atom. The normalized spacial score (nSPS) is 17.0. The minimum atomic E-state index is -0.547. The number of fused-ring (bicyclic) bond motifs is 8. The number of rotatable bonds is 10. The Balaban J connectivity index is 0.000000710. The van der Waals surface area contributed by atoms with Gasteiger partial charge in [-0.15, -0.1) is 0 Å². The van der Waals surface area contributed by atoms with Gasteiger partial charge in [-0.1, -0.05) is 237 Å². The zero-order valence-electron chi connectivity index (χ0n) is 36.2. The summed E-state index contributed by atoms with van der Waals surface area (Å²) in [4.78, 5) is 0. The first kappa shape index (κ1) is 42.0. The second kappa shape index (κ2) is 20.2. The molecule has 0 bridgehead atoms. The second-order valence-corrected chi connectivity index (χ2v) is 15.8. The molecule has 1 unspecified atom stereocenters. The van der Waals surface area contributed by atoms with Crippen molar-refractivity contribution < 1.29 is 0 Å². The molecule has 0 heterocycles. The van der Waals surface area contributed by atoms with E-state index in [0.717, 1.165) is 12.0 Å². The van der Waals surface area contributed by atoms with Crippen LogP contribution in [0.1, 0.15) is 38.9 Å². The van der Waals surface area contributed by atoms with Gasteiger partial charge in [0.15, 0.2) is 0 Å². The van der Waals surface area contributed by atoms with E-state index < -0.39 is 5.41 Å². The largest absolute Gasteiger partial charge is 0.394 e. The number of hydrogen-bond acceptors (Lipinski definition) is 1. The molecule has 306 valence electrons. The third-order valence-electron chi connectivity index (χ3n) is 11.7. The lowest BCUT2D eigenvalue weighted by atomic mass is 9.64. The van der Waals surface area contributed by atoms with E-state index in [1.807, 2.05) is 49.7 Å². The average molecular weight is 812 g/mol. The Hall–Kier alpha value is -7.74. The molecule has 1 N–H and O–H groups in total. The van der Waals surface area contributed by atoms with Gasteiger partial charge in [-0.25, -0.2) is 0 Å². The van der Waals surface area contributed by atoms with E-state index in [1.54, 1.807) is 6.08 Å². The highest BCUT2D eigenvalue weighted by atomic mass is 14.8. The van der Waals surface area contributed by atoms with Crippen molar-refractivity contribution in [2.45, 2.75) is 18.8 Å². The van der Waals surface area contributed by atoms with E-state index in [4.69, 9.17) is 0 Å². The Kier molecular flexibility index (Phi) is 13.5. The summed E-state index contributed by atoms with van der Waals surface area (Å²) in [5, 5.41) is 5.60. The van der Waals surface area contributed by atoms with Crippen molar-refractivity contribution in [3.05, 3.63) is 300 Å². The van der Waals surface area contributed by atoms with Crippen molar-refractivity contribution in [2.75, 3.05) is 7.05 Å². The van der Waals surface area contributed by atoms with Gasteiger partial charge in [0.1, 0.15) is 0 Å². The standard InChI is InChI=1S/C55H45N.C7H8/c1-3-4-5-6-10-27-49-28-17-15-23-45-24-16-18-29-52(45)55(49)53-40-48(34-35-50(53)51-38-46-25-13-14-26-47(46)39-54(51)55)44-32-30-41(31-33-44)19-11-12-22-43(36-37-56-2)42-20-8-7-9-21-42;1-7-5-3-2-4-6-7/h3-18,20-40,56H,1,19H2,2H3;2-6H,1H3/b5-4-,10-6-,12-11+,23-15-,28-17-,37-36-,43-22+,49-27-;. The summed E-state index contributed by atoms with van der Waals surface area (Å²) in [6.45, 7) is 5.93. The lowest BCUT2D eigenvalue weighted by Crippen LogP contribution is -2.30. The summed E-state index contributed by atoms with van der Waals surface area (Å²) in [6.07, 6.45) is 32.7. The molecule has 0 fully saturated rings. The van der Waals surface area contributed by atoms with Crippen LogP contribution in [0, 0.1) is 6.92 Å². The molecule has 1 heteroatoms. The third kappa shape index (κ3) is 9.30. The highest BCUT2D eigenvalue weighted by molar-refractivity contribution is 5.97. The molecule has 9 rings (SSSR count). The van der Waals surface area contributed by atoms with Gasteiger partial charge in [0, 0.05) is 7.05 Å². The fourth-order valence-electron chi connectivity index (χ4n) is 8.71. The second-order valence-electron chi connectivity index (χ2n) is 15.8. The van der Waals surface area contributed by atoms with E-state index in [2.05, 4.69) is 225 Å². The Morgan fingerprint density at radius 1 is 0.587 bits per heavy atom. The number of benzene rings is 7. The highest BCUT2D eigenvalue weighted by Crippen LogP contribution is 2.59. The van der Waals surface area contributed by atoms with Gasteiger partial charge in [-0.2, -0.15) is 0 Å². The fourth-order valence-corrected chi connectivity index (χ4v) is 8.71. The molecule has 0 amide bonds. The van der Waals surface area contributed by atoms with E-state index >= 15 is 0 Å². The Bertz CT molecular complexity index is 2950.